The summed E-state index contributed by atoms with van der Waals surface area (Å²) in [6.45, 7) is 0. The Hall–Kier alpha value is -1.10. The van der Waals surface area contributed by atoms with Gasteiger partial charge in [-0.25, -0.2) is 4.39 Å². The van der Waals surface area contributed by atoms with E-state index in [-0.39, 0.29) is 11.5 Å². The Labute approximate surface area is 77.2 Å². The van der Waals surface area contributed by atoms with Gasteiger partial charge in [-0.2, -0.15) is 0 Å². The third-order valence-corrected chi connectivity index (χ3v) is 2.03. The number of nitrogens with one attached hydrogen (secondary N) is 1. The van der Waals surface area contributed by atoms with Gasteiger partial charge in [0.2, 0.25) is 0 Å². The van der Waals surface area contributed by atoms with E-state index in [1.165, 1.54) is 6.07 Å². The fourth-order valence-corrected chi connectivity index (χ4v) is 1.34. The van der Waals surface area contributed by atoms with Crippen molar-refractivity contribution in [1.29, 1.82) is 5.41 Å². The molecule has 0 amide bonds. The molecule has 1 aromatic carbocycles. The maximum Gasteiger partial charge on any atom is 0.146 e. The first-order valence-electron chi connectivity index (χ1n) is 3.11. The smallest absolute Gasteiger partial charge is 0.146 e. The Morgan fingerprint density at radius 3 is 2.58 bits per heavy atom. The number of amidine groups is 1. The van der Waals surface area contributed by atoms with E-state index >= 15 is 0 Å². The maximum absolute atomic E-state index is 12.8. The fourth-order valence-electron chi connectivity index (χ4n) is 0.769. The van der Waals surface area contributed by atoms with Gasteiger partial charge in [-0.05, 0) is 28.1 Å². The molecule has 5 heteroatoms. The van der Waals surface area contributed by atoms with Crippen molar-refractivity contribution in [2.45, 2.75) is 0 Å². The molecule has 0 radical (unpaired) electrons. The molecular formula is C7H7BrFN3. The number of halogens is 2. The van der Waals surface area contributed by atoms with Gasteiger partial charge >= 0.3 is 0 Å². The molecule has 1 rings (SSSR count). The van der Waals surface area contributed by atoms with E-state index in [0.29, 0.717) is 10.0 Å². The second-order valence-corrected chi connectivity index (χ2v) is 3.12. The van der Waals surface area contributed by atoms with Crippen LogP contribution < -0.4 is 11.5 Å². The minimum atomic E-state index is -0.566. The van der Waals surface area contributed by atoms with Crippen molar-refractivity contribution in [2.24, 2.45) is 5.73 Å². The second-order valence-electron chi connectivity index (χ2n) is 2.27. The molecule has 0 saturated heterocycles. The van der Waals surface area contributed by atoms with Gasteiger partial charge in [-0.1, -0.05) is 0 Å². The van der Waals surface area contributed by atoms with E-state index in [1.807, 2.05) is 0 Å². The fraction of sp³-hybridized carbons (Fsp3) is 0. The molecule has 0 bridgehead atoms. The number of hydrogen-bond acceptors (Lipinski definition) is 2. The standard InChI is InChI=1S/C7H7BrFN3/c8-4-2-6(10)5(9)1-3(4)7(11)12/h1-2H,10H2,(H3,11,12). The average Bonchev–Trinajstić information content (AvgIpc) is 1.96. The average molecular weight is 232 g/mol. The zero-order valence-electron chi connectivity index (χ0n) is 6.07. The lowest BCUT2D eigenvalue weighted by Gasteiger charge is -2.03. The molecule has 3 nitrogen and oxygen atoms in total. The van der Waals surface area contributed by atoms with Crippen LogP contribution >= 0.6 is 15.9 Å². The molecule has 1 aromatic rings. The summed E-state index contributed by atoms with van der Waals surface area (Å²) in [7, 11) is 0. The Balaban J connectivity index is 3.33. The molecular weight excluding hydrogens is 225 g/mol. The number of nitrogens with two attached hydrogens (primary N) is 2. The first-order valence-corrected chi connectivity index (χ1v) is 3.90. The van der Waals surface area contributed by atoms with Crippen LogP contribution in [0.2, 0.25) is 0 Å². The zero-order valence-corrected chi connectivity index (χ0v) is 7.65. The minimum Gasteiger partial charge on any atom is -0.396 e. The Bertz CT molecular complexity index is 338. The van der Waals surface area contributed by atoms with Crippen LogP contribution in [-0.4, -0.2) is 5.84 Å². The number of nitrogen functional groups attached to an aromatic ring is 2. The van der Waals surface area contributed by atoms with E-state index < -0.39 is 5.82 Å². The van der Waals surface area contributed by atoms with Gasteiger partial charge in [0.25, 0.3) is 0 Å². The SMILES string of the molecule is N=C(N)c1cc(F)c(N)cc1Br. The minimum absolute atomic E-state index is 0.0341. The first kappa shape index (κ1) is 8.99. The third-order valence-electron chi connectivity index (χ3n) is 1.38. The first-order chi connectivity index (χ1) is 5.52. The molecule has 0 saturated carbocycles. The predicted octanol–water partition coefficient (Wildman–Crippen LogP) is 1.45. The summed E-state index contributed by atoms with van der Waals surface area (Å²) in [5.74, 6) is -0.760. The summed E-state index contributed by atoms with van der Waals surface area (Å²) in [5.41, 5.74) is 10.8. The number of benzene rings is 1. The lowest BCUT2D eigenvalue weighted by Crippen LogP contribution is -2.12. The van der Waals surface area contributed by atoms with Crippen LogP contribution in [0.5, 0.6) is 0 Å². The lowest BCUT2D eigenvalue weighted by molar-refractivity contribution is 0.632. The summed E-state index contributed by atoms with van der Waals surface area (Å²) in [5, 5.41) is 7.08. The molecule has 0 aliphatic heterocycles. The quantitative estimate of drug-likeness (QED) is 0.389. The molecule has 0 fully saturated rings. The molecule has 0 aliphatic rings. The molecule has 64 valence electrons. The van der Waals surface area contributed by atoms with Crippen LogP contribution in [0, 0.1) is 11.2 Å². The summed E-state index contributed by atoms with van der Waals surface area (Å²) in [6.07, 6.45) is 0. The van der Waals surface area contributed by atoms with Gasteiger partial charge in [0.15, 0.2) is 0 Å². The summed E-state index contributed by atoms with van der Waals surface area (Å²) < 4.78 is 13.3. The highest BCUT2D eigenvalue weighted by Gasteiger charge is 2.07. The summed E-state index contributed by atoms with van der Waals surface area (Å²) in [4.78, 5) is 0. The number of anilines is 1. The molecule has 0 spiro atoms. The van der Waals surface area contributed by atoms with Crippen molar-refractivity contribution in [1.82, 2.24) is 0 Å². The van der Waals surface area contributed by atoms with Gasteiger partial charge < -0.3 is 11.5 Å². The van der Waals surface area contributed by atoms with Crippen molar-refractivity contribution in [2.75, 3.05) is 5.73 Å². The number of rotatable bonds is 1. The van der Waals surface area contributed by atoms with Crippen molar-refractivity contribution >= 4 is 27.5 Å². The largest absolute Gasteiger partial charge is 0.396 e. The van der Waals surface area contributed by atoms with E-state index in [1.54, 1.807) is 0 Å². The van der Waals surface area contributed by atoms with Crippen molar-refractivity contribution < 1.29 is 4.39 Å². The number of hydrogen-bond donors (Lipinski definition) is 3. The van der Waals surface area contributed by atoms with Gasteiger partial charge in [0.1, 0.15) is 11.7 Å². The van der Waals surface area contributed by atoms with Crippen LogP contribution in [0.3, 0.4) is 0 Å². The summed E-state index contributed by atoms with van der Waals surface area (Å²) >= 11 is 3.11. The second kappa shape index (κ2) is 3.10. The van der Waals surface area contributed by atoms with E-state index in [0.717, 1.165) is 6.07 Å². The Kier molecular flexibility index (Phi) is 2.32. The van der Waals surface area contributed by atoms with Crippen LogP contribution in [0.15, 0.2) is 16.6 Å². The zero-order chi connectivity index (χ0) is 9.30. The summed E-state index contributed by atoms with van der Waals surface area (Å²) in [6, 6.07) is 2.51. The molecule has 0 atom stereocenters. The molecule has 5 N–H and O–H groups in total. The Morgan fingerprint density at radius 2 is 2.08 bits per heavy atom. The van der Waals surface area contributed by atoms with Crippen molar-refractivity contribution in [3.63, 3.8) is 0 Å². The molecule has 12 heavy (non-hydrogen) atoms. The van der Waals surface area contributed by atoms with Gasteiger partial charge in [0.05, 0.1) is 5.69 Å². The predicted molar refractivity (Wildman–Crippen MR) is 49.5 cm³/mol. The van der Waals surface area contributed by atoms with E-state index in [9.17, 15) is 4.39 Å². The maximum atomic E-state index is 12.8. The van der Waals surface area contributed by atoms with Crippen LogP contribution in [0.1, 0.15) is 5.56 Å². The molecule has 0 aliphatic carbocycles. The topological polar surface area (TPSA) is 75.9 Å². The third kappa shape index (κ3) is 1.55. The van der Waals surface area contributed by atoms with E-state index in [2.05, 4.69) is 15.9 Å². The highest BCUT2D eigenvalue weighted by Crippen LogP contribution is 2.22. The molecule has 0 heterocycles. The molecule has 0 unspecified atom stereocenters. The van der Waals surface area contributed by atoms with Gasteiger partial charge in [0, 0.05) is 10.0 Å². The van der Waals surface area contributed by atoms with Crippen molar-refractivity contribution in [3.05, 3.63) is 28.0 Å². The van der Waals surface area contributed by atoms with Crippen LogP contribution in [-0.2, 0) is 0 Å². The lowest BCUT2D eigenvalue weighted by atomic mass is 10.2. The van der Waals surface area contributed by atoms with Crippen LogP contribution in [0.25, 0.3) is 0 Å². The molecule has 0 aromatic heterocycles. The monoisotopic (exact) mass is 231 g/mol. The normalized spacial score (nSPS) is 9.83. The van der Waals surface area contributed by atoms with Crippen molar-refractivity contribution in [3.8, 4) is 0 Å². The van der Waals surface area contributed by atoms with Crippen LogP contribution in [0.4, 0.5) is 10.1 Å². The Morgan fingerprint density at radius 1 is 1.50 bits per heavy atom. The highest BCUT2D eigenvalue weighted by atomic mass is 79.9. The van der Waals surface area contributed by atoms with Gasteiger partial charge in [-0.15, -0.1) is 0 Å². The van der Waals surface area contributed by atoms with E-state index in [4.69, 9.17) is 16.9 Å². The highest BCUT2D eigenvalue weighted by molar-refractivity contribution is 9.10. The van der Waals surface area contributed by atoms with Gasteiger partial charge in [-0.3, -0.25) is 5.41 Å².